The number of hydrogen-bond acceptors (Lipinski definition) is 40. The summed E-state index contributed by atoms with van der Waals surface area (Å²) in [4.78, 5) is 25.9. The topological polar surface area (TPSA) is 808 Å². The van der Waals surface area contributed by atoms with Gasteiger partial charge in [-0.3, -0.25) is 36.4 Å². The Morgan fingerprint density at radius 3 is 1.20 bits per heavy atom. The van der Waals surface area contributed by atoms with Crippen LogP contribution in [0.3, 0.4) is 0 Å². The fourth-order valence-corrected chi connectivity index (χ4v) is 13.1. The number of ether oxygens (including phenoxy) is 10. The number of carbonyl (C=O) groups is 2. The van der Waals surface area contributed by atoms with Crippen LogP contribution < -0.4 is 15.2 Å². The molecule has 5 aliphatic heterocycles. The molecule has 0 spiro atoms. The molecule has 0 radical (unpaired) electrons. The predicted molar refractivity (Wildman–Crippen MR) is 271 cm³/mol. The van der Waals surface area contributed by atoms with Gasteiger partial charge >= 0.3 is 94.9 Å². The summed E-state index contributed by atoms with van der Waals surface area (Å²) in [7, 11) is -46.2. The number of methoxy groups -OCH3 is 1. The summed E-state index contributed by atoms with van der Waals surface area (Å²) in [5.41, 5.74) is 5.59. The highest BCUT2D eigenvalue weighted by Gasteiger charge is 2.61. The lowest BCUT2D eigenvalue weighted by atomic mass is 9.92. The Morgan fingerprint density at radius 1 is 0.387 bits per heavy atom. The third kappa shape index (κ3) is 23.7. The third-order valence-corrected chi connectivity index (χ3v) is 16.8. The zero-order chi connectivity index (χ0) is 70.9. The second kappa shape index (κ2) is 31.2. The Labute approximate surface area is 522 Å². The van der Waals surface area contributed by atoms with Gasteiger partial charge < -0.3 is 88.8 Å². The molecule has 5 aliphatic rings. The molecule has 0 saturated carbocycles. The van der Waals surface area contributed by atoms with Gasteiger partial charge in [-0.2, -0.15) is 76.8 Å². The molecule has 5 rings (SSSR count). The second-order valence-corrected chi connectivity index (χ2v) is 28.1. The van der Waals surface area contributed by atoms with Crippen LogP contribution in [0.4, 0.5) is 0 Å². The van der Waals surface area contributed by atoms with Crippen LogP contribution in [-0.2, 0) is 165 Å². The number of hydrogen-bond donors (Lipinski definition) is 18. The van der Waals surface area contributed by atoms with E-state index >= 15 is 0 Å². The van der Waals surface area contributed by atoms with Crippen molar-refractivity contribution in [3.8, 4) is 0 Å². The highest BCUT2D eigenvalue weighted by Crippen LogP contribution is 2.39. The average Bonchev–Trinajstić information content (AvgIpc) is 0.766. The van der Waals surface area contributed by atoms with E-state index in [1.165, 1.54) is 4.72 Å². The van der Waals surface area contributed by atoms with E-state index in [9.17, 15) is 145 Å². The number of aliphatic hydroxyl groups is 5. The fourth-order valence-electron chi connectivity index (χ4n) is 9.48. The van der Waals surface area contributed by atoms with Gasteiger partial charge in [0.2, 0.25) is 0 Å². The van der Waals surface area contributed by atoms with Crippen molar-refractivity contribution in [1.29, 1.82) is 0 Å². The van der Waals surface area contributed by atoms with Gasteiger partial charge in [0, 0.05) is 7.11 Å². The van der Waals surface area contributed by atoms with Crippen molar-refractivity contribution >= 4 is 94.9 Å². The molecule has 0 aromatic heterocycles. The molecule has 0 aliphatic carbocycles. The molecule has 93 heavy (non-hydrogen) atoms. The van der Waals surface area contributed by atoms with Crippen molar-refractivity contribution < 1.29 is 222 Å². The van der Waals surface area contributed by atoms with Crippen molar-refractivity contribution in [3.63, 3.8) is 0 Å². The zero-order valence-electron chi connectivity index (χ0n) is 45.4. The van der Waals surface area contributed by atoms with Crippen molar-refractivity contribution in [2.45, 2.75) is 160 Å². The monoisotopic (exact) mass is 1530 g/mol. The van der Waals surface area contributed by atoms with Crippen molar-refractivity contribution in [3.05, 3.63) is 0 Å². The van der Waals surface area contributed by atoms with Crippen molar-refractivity contribution in [1.82, 2.24) is 9.44 Å². The largest absolute Gasteiger partial charge is 0.479 e. The molecule has 60 heteroatoms. The fraction of sp³-hybridized carbons (Fsp3) is 0.939. The summed E-state index contributed by atoms with van der Waals surface area (Å²) in [6, 6.07) is -5.82. The minimum atomic E-state index is -6.36. The first-order valence-corrected chi connectivity index (χ1v) is 35.6. The first-order chi connectivity index (χ1) is 42.2. The second-order valence-electron chi connectivity index (χ2n) is 19.3. The number of carboxylic acids is 2. The molecule has 5 fully saturated rings. The minimum absolute atomic E-state index is 0.385. The summed E-state index contributed by atoms with van der Waals surface area (Å²) in [6.07, 6.45) is -65.0. The van der Waals surface area contributed by atoms with E-state index in [-0.39, 0.29) is 6.54 Å². The summed E-state index contributed by atoms with van der Waals surface area (Å²) < 4.78 is 353. The van der Waals surface area contributed by atoms with E-state index in [4.69, 9.17) is 57.7 Å². The Bertz CT molecular complexity index is 3530. The molecule has 19 N–H and O–H groups in total. The van der Waals surface area contributed by atoms with E-state index in [0.29, 0.717) is 0 Å². The lowest BCUT2D eigenvalue weighted by Gasteiger charge is -2.50. The van der Waals surface area contributed by atoms with Crippen LogP contribution in [0.15, 0.2) is 0 Å². The summed E-state index contributed by atoms with van der Waals surface area (Å²) in [5.74, 6) is -4.90. The number of aliphatic hydroxyl groups excluding tert-OH is 5. The predicted octanol–water partition coefficient (Wildman–Crippen LogP) is -12.9. The van der Waals surface area contributed by atoms with Crippen LogP contribution in [0.2, 0.25) is 0 Å². The van der Waals surface area contributed by atoms with Crippen LogP contribution in [0.1, 0.15) is 6.42 Å². The van der Waals surface area contributed by atoms with Gasteiger partial charge in [0.1, 0.15) is 104 Å². The Balaban J connectivity index is 1.62. The molecule has 0 amide bonds. The first-order valence-electron chi connectivity index (χ1n) is 24.5. The first kappa shape index (κ1) is 80.9. The maximum absolute atomic E-state index is 13.1. The maximum atomic E-state index is 13.1. The molecule has 25 atom stereocenters. The van der Waals surface area contributed by atoms with E-state index < -0.39 is 274 Å². The quantitative estimate of drug-likeness (QED) is 0.0278. The van der Waals surface area contributed by atoms with Gasteiger partial charge in [0.05, 0.1) is 25.9 Å². The lowest BCUT2D eigenvalue weighted by molar-refractivity contribution is -0.372. The normalized spacial score (nSPS) is 38.1. The third-order valence-electron chi connectivity index (χ3n) is 12.9. The highest BCUT2D eigenvalue weighted by molar-refractivity contribution is 7.84. The molecule has 546 valence electrons. The molecular weight excluding hydrogens is 1480 g/mol. The van der Waals surface area contributed by atoms with Crippen LogP contribution in [-0.4, -0.2) is 338 Å². The zero-order valence-corrected chi connectivity index (χ0v) is 51.9. The van der Waals surface area contributed by atoms with E-state index in [1.807, 2.05) is 0 Å². The highest BCUT2D eigenvalue weighted by atomic mass is 32.3. The Hall–Kier alpha value is -2.74. The molecule has 52 nitrogen and oxygen atoms in total. The Morgan fingerprint density at radius 2 is 0.763 bits per heavy atom. The average molecular weight is 1540 g/mol. The number of carboxylic acid groups (broad SMARTS) is 2. The molecular formula is C33H57N3O49S8. The number of nitrogens with two attached hydrogens (primary N) is 1. The molecule has 0 unspecified atom stereocenters. The lowest BCUT2D eigenvalue weighted by Crippen LogP contribution is -2.71. The smallest absolute Gasteiger partial charge is 0.397 e. The maximum Gasteiger partial charge on any atom is 0.397 e. The molecule has 0 bridgehead atoms. The van der Waals surface area contributed by atoms with Gasteiger partial charge in [0.15, 0.2) is 43.5 Å². The van der Waals surface area contributed by atoms with Crippen LogP contribution in [0.5, 0.6) is 0 Å². The van der Waals surface area contributed by atoms with Crippen LogP contribution in [0, 0.1) is 0 Å². The minimum Gasteiger partial charge on any atom is -0.479 e. The summed E-state index contributed by atoms with van der Waals surface area (Å²) in [5, 5.41) is 76.8. The molecule has 0 aromatic carbocycles. The standard InChI is InChI=1S/C33H57N3O49S8/c1-70-18-7(2-3-34)74-9(5-72-89(55,56)57)20(25(18)85-93(67,68)69)78-33-24(84-92(64,65)66)17(41)23(27(82-33)29(44)45)80-31-12(36-87(49,50)51)21(83-91(61,62)63)19(10(76-31)6-73-90(58,59)60)77-32-16(40)15(39)22(26(81-32)28(42)43)79-30-11(35-86(46,47)48)14(38)13(37)8(75-30)4-71-88(52,53)54/h7-27,30-33,35-41H,2-6,34H2,1H3,(H,42,43)(H,44,45)(H,46,47,48)(H,49,50,51)(H,52,53,54)(H,55,56,57)(H,58,59,60)(H,61,62,63)(H,64,65,66)(H,67,68,69)/t7-,8-,9-,10-,11-,12-,13-,14-,15-,16-,17+,18+,19-,20-,21-,22+,23+,24-,25-,26+,27-,30-,31-,32-,33-/m1/s1. The van der Waals surface area contributed by atoms with Crippen LogP contribution in [0.25, 0.3) is 0 Å². The van der Waals surface area contributed by atoms with Crippen molar-refractivity contribution in [2.75, 3.05) is 33.5 Å². The summed E-state index contributed by atoms with van der Waals surface area (Å²) in [6.45, 7) is -5.41. The van der Waals surface area contributed by atoms with Crippen LogP contribution >= 0.6 is 0 Å². The Kier molecular flexibility index (Phi) is 27.2. The van der Waals surface area contributed by atoms with E-state index in [2.05, 4.69) is 25.1 Å². The number of nitrogens with one attached hydrogen (secondary N) is 2. The molecule has 5 heterocycles. The van der Waals surface area contributed by atoms with Gasteiger partial charge in [-0.15, -0.1) is 0 Å². The van der Waals surface area contributed by atoms with Gasteiger partial charge in [0.25, 0.3) is 0 Å². The summed E-state index contributed by atoms with van der Waals surface area (Å²) >= 11 is 0. The van der Waals surface area contributed by atoms with Gasteiger partial charge in [-0.05, 0) is 13.0 Å². The molecule has 5 saturated heterocycles. The SMILES string of the molecule is CO[C@@H]1[C@@H](OS(=O)(=O)O)[C@H](O[C@@H]2O[C@@H](C(=O)O)[C@@H](O[C@H]3O[C@H](COS(=O)(=O)O)[C@@H](O[C@@H]4O[C@H](C(=O)O)[C@@H](O[C@H]5O[C@H](COS(=O)(=O)O)[C@@H](O)[C@H](O)[C@H]5NS(=O)(=O)O)[C@H](O)[C@H]4O)[C@H](OS(=O)(=O)O)[C@H]3NS(=O)(=O)O)[C@H](O)[C@H]2OS(=O)(=O)O)[C@@H](COS(=O)(=O)O)O[C@@H]1CCN. The van der Waals surface area contributed by atoms with E-state index in [0.717, 1.165) is 11.8 Å². The van der Waals surface area contributed by atoms with E-state index in [1.54, 1.807) is 0 Å². The van der Waals surface area contributed by atoms with Gasteiger partial charge in [-0.1, -0.05) is 0 Å². The number of rotatable bonds is 32. The van der Waals surface area contributed by atoms with Crippen molar-refractivity contribution in [2.24, 2.45) is 5.73 Å². The number of aliphatic carboxylic acids is 2. The van der Waals surface area contributed by atoms with Gasteiger partial charge in [-0.25, -0.2) is 34.7 Å². The molecule has 0 aromatic rings.